The van der Waals surface area contributed by atoms with Crippen LogP contribution in [0.4, 0.5) is 0 Å². The van der Waals surface area contributed by atoms with Crippen LogP contribution in [-0.2, 0) is 16.0 Å². The molecule has 0 aliphatic rings. The second-order valence-corrected chi connectivity index (χ2v) is 3.88. The van der Waals surface area contributed by atoms with Crippen LogP contribution >= 0.6 is 11.8 Å². The van der Waals surface area contributed by atoms with Crippen LogP contribution in [-0.4, -0.2) is 30.1 Å². The maximum atomic E-state index is 11.6. The van der Waals surface area contributed by atoms with E-state index in [1.165, 1.54) is 11.5 Å². The van der Waals surface area contributed by atoms with Gasteiger partial charge in [-0.25, -0.2) is 4.42 Å². The van der Waals surface area contributed by atoms with Gasteiger partial charge in [0.1, 0.15) is 6.04 Å². The Morgan fingerprint density at radius 1 is 1.44 bits per heavy atom. The second-order valence-electron chi connectivity index (χ2n) is 3.44. The van der Waals surface area contributed by atoms with Crippen molar-refractivity contribution >= 4 is 17.7 Å². The summed E-state index contributed by atoms with van der Waals surface area (Å²) >= 11 is 5.99. The van der Waals surface area contributed by atoms with Gasteiger partial charge in [0.05, 0.1) is 7.11 Å². The highest BCUT2D eigenvalue weighted by atomic mass is 35.5. The van der Waals surface area contributed by atoms with Gasteiger partial charge in [0.2, 0.25) is 0 Å². The van der Waals surface area contributed by atoms with Crippen molar-refractivity contribution in [2.24, 2.45) is 0 Å². The van der Waals surface area contributed by atoms with Crippen molar-refractivity contribution in [1.82, 2.24) is 4.42 Å². The molecule has 0 amide bonds. The molecule has 16 heavy (non-hydrogen) atoms. The van der Waals surface area contributed by atoms with E-state index < -0.39 is 6.04 Å². The predicted octanol–water partition coefficient (Wildman–Crippen LogP) is 2.25. The Morgan fingerprint density at radius 2 is 2.06 bits per heavy atom. The fourth-order valence-electron chi connectivity index (χ4n) is 1.49. The highest BCUT2D eigenvalue weighted by molar-refractivity contribution is 6.14. The lowest BCUT2D eigenvalue weighted by Gasteiger charge is -2.21. The molecule has 1 aromatic carbocycles. The van der Waals surface area contributed by atoms with Gasteiger partial charge in [-0.15, -0.1) is 0 Å². The summed E-state index contributed by atoms with van der Waals surface area (Å²) in [6, 6.07) is 9.32. The highest BCUT2D eigenvalue weighted by Gasteiger charge is 2.24. The molecule has 0 radical (unpaired) electrons. The normalized spacial score (nSPS) is 12.5. The van der Waals surface area contributed by atoms with Gasteiger partial charge in [0.15, 0.2) is 0 Å². The molecule has 88 valence electrons. The Kier molecular flexibility index (Phi) is 5.29. The molecule has 0 saturated heterocycles. The monoisotopic (exact) mass is 241 g/mol. The molecule has 0 aromatic heterocycles. The van der Waals surface area contributed by atoms with Crippen molar-refractivity contribution in [2.75, 3.05) is 13.7 Å². The van der Waals surface area contributed by atoms with Crippen LogP contribution in [0.2, 0.25) is 0 Å². The Balaban J connectivity index is 2.75. The molecule has 1 aromatic rings. The third-order valence-electron chi connectivity index (χ3n) is 2.39. The van der Waals surface area contributed by atoms with Gasteiger partial charge in [0, 0.05) is 6.54 Å². The van der Waals surface area contributed by atoms with E-state index in [1.807, 2.05) is 37.3 Å². The molecule has 0 bridgehead atoms. The summed E-state index contributed by atoms with van der Waals surface area (Å²) in [5, 5.41) is 0. The number of carbonyl (C=O) groups is 1. The minimum absolute atomic E-state index is 0.305. The van der Waals surface area contributed by atoms with Crippen molar-refractivity contribution in [3.63, 3.8) is 0 Å². The number of rotatable bonds is 5. The summed E-state index contributed by atoms with van der Waals surface area (Å²) in [6.45, 7) is 2.49. The second kappa shape index (κ2) is 6.51. The van der Waals surface area contributed by atoms with E-state index in [1.54, 1.807) is 0 Å². The molecule has 0 heterocycles. The van der Waals surface area contributed by atoms with Gasteiger partial charge in [-0.05, 0) is 23.8 Å². The van der Waals surface area contributed by atoms with Gasteiger partial charge in [0.25, 0.3) is 0 Å². The van der Waals surface area contributed by atoms with E-state index in [9.17, 15) is 4.79 Å². The summed E-state index contributed by atoms with van der Waals surface area (Å²) < 4.78 is 6.21. The third-order valence-corrected chi connectivity index (χ3v) is 2.86. The fourth-order valence-corrected chi connectivity index (χ4v) is 1.64. The number of esters is 1. The Morgan fingerprint density at radius 3 is 2.56 bits per heavy atom. The van der Waals surface area contributed by atoms with Gasteiger partial charge >= 0.3 is 5.97 Å². The lowest BCUT2D eigenvalue weighted by Crippen LogP contribution is -2.37. The summed E-state index contributed by atoms with van der Waals surface area (Å²) in [5.74, 6) is -0.305. The van der Waals surface area contributed by atoms with Crippen molar-refractivity contribution < 1.29 is 9.53 Å². The maximum absolute atomic E-state index is 11.6. The van der Waals surface area contributed by atoms with E-state index in [0.717, 1.165) is 5.56 Å². The van der Waals surface area contributed by atoms with Crippen LogP contribution in [0.25, 0.3) is 0 Å². The molecule has 3 nitrogen and oxygen atoms in total. The van der Waals surface area contributed by atoms with Gasteiger partial charge < -0.3 is 4.74 Å². The average molecular weight is 242 g/mol. The largest absolute Gasteiger partial charge is 0.468 e. The first kappa shape index (κ1) is 13.0. The minimum atomic E-state index is -0.431. The molecular weight excluding hydrogens is 226 g/mol. The minimum Gasteiger partial charge on any atom is -0.468 e. The molecular formula is C12H16ClNO2. The molecule has 0 N–H and O–H groups in total. The van der Waals surface area contributed by atoms with Gasteiger partial charge in [-0.2, -0.15) is 0 Å². The van der Waals surface area contributed by atoms with Crippen LogP contribution in [0.1, 0.15) is 12.5 Å². The van der Waals surface area contributed by atoms with Crippen LogP contribution in [0.15, 0.2) is 30.3 Å². The first-order chi connectivity index (χ1) is 7.69. The number of hydrogen-bond acceptors (Lipinski definition) is 3. The zero-order chi connectivity index (χ0) is 12.0. The van der Waals surface area contributed by atoms with Crippen molar-refractivity contribution in [3.05, 3.63) is 35.9 Å². The molecule has 1 atom stereocenters. The van der Waals surface area contributed by atoms with E-state index in [0.29, 0.717) is 13.0 Å². The zero-order valence-electron chi connectivity index (χ0n) is 9.52. The van der Waals surface area contributed by atoms with Crippen molar-refractivity contribution in [2.45, 2.75) is 19.4 Å². The average Bonchev–Trinajstić information content (AvgIpc) is 2.35. The van der Waals surface area contributed by atoms with E-state index in [-0.39, 0.29) is 5.97 Å². The number of carbonyl (C=O) groups excluding carboxylic acids is 1. The number of hydrogen-bond donors (Lipinski definition) is 0. The highest BCUT2D eigenvalue weighted by Crippen LogP contribution is 2.12. The molecule has 0 aliphatic carbocycles. The van der Waals surface area contributed by atoms with E-state index in [2.05, 4.69) is 0 Å². The number of ether oxygens (including phenoxy) is 1. The third kappa shape index (κ3) is 3.51. The fraction of sp³-hybridized carbons (Fsp3) is 0.417. The molecule has 4 heteroatoms. The summed E-state index contributed by atoms with van der Waals surface area (Å²) in [7, 11) is 1.38. The van der Waals surface area contributed by atoms with Crippen molar-refractivity contribution in [1.29, 1.82) is 0 Å². The zero-order valence-corrected chi connectivity index (χ0v) is 10.3. The molecule has 0 fully saturated rings. The number of likely N-dealkylation sites (N-methyl/N-ethyl adjacent to an activating group) is 1. The molecule has 0 aliphatic heterocycles. The van der Waals surface area contributed by atoms with Crippen molar-refractivity contribution in [3.8, 4) is 0 Å². The van der Waals surface area contributed by atoms with E-state index >= 15 is 0 Å². The van der Waals surface area contributed by atoms with Gasteiger partial charge in [-0.3, -0.25) is 4.79 Å². The lowest BCUT2D eigenvalue weighted by atomic mass is 10.1. The molecule has 0 saturated carbocycles. The number of halogens is 1. The number of nitrogens with zero attached hydrogens (tertiary/aromatic N) is 1. The van der Waals surface area contributed by atoms with Crippen LogP contribution < -0.4 is 0 Å². The molecule has 0 spiro atoms. The summed E-state index contributed by atoms with van der Waals surface area (Å²) in [4.78, 5) is 11.6. The number of methoxy groups -OCH3 is 1. The lowest BCUT2D eigenvalue weighted by molar-refractivity contribution is -0.145. The SMILES string of the molecule is CCN(Cl)[C@@H](Cc1ccccc1)C(=O)OC. The topological polar surface area (TPSA) is 29.5 Å². The number of benzene rings is 1. The predicted molar refractivity (Wildman–Crippen MR) is 64.2 cm³/mol. The smallest absolute Gasteiger partial charge is 0.324 e. The van der Waals surface area contributed by atoms with Crippen LogP contribution in [0.3, 0.4) is 0 Å². The molecule has 0 unspecified atom stereocenters. The summed E-state index contributed by atoms with van der Waals surface area (Å²) in [6.07, 6.45) is 0.560. The van der Waals surface area contributed by atoms with Crippen LogP contribution in [0, 0.1) is 0 Å². The first-order valence-corrected chi connectivity index (χ1v) is 5.57. The van der Waals surface area contributed by atoms with E-state index in [4.69, 9.17) is 16.5 Å². The first-order valence-electron chi connectivity index (χ1n) is 5.23. The maximum Gasteiger partial charge on any atom is 0.324 e. The Bertz CT molecular complexity index is 329. The molecule has 1 rings (SSSR count). The Hall–Kier alpha value is -1.06. The van der Waals surface area contributed by atoms with Gasteiger partial charge in [-0.1, -0.05) is 37.3 Å². The van der Waals surface area contributed by atoms with Crippen LogP contribution in [0.5, 0.6) is 0 Å². The quantitative estimate of drug-likeness (QED) is 0.585. The summed E-state index contributed by atoms with van der Waals surface area (Å²) in [5.41, 5.74) is 1.07. The standard InChI is InChI=1S/C12H16ClNO2/c1-3-14(13)11(12(15)16-2)9-10-7-5-4-6-8-10/h4-8,11H,3,9H2,1-2H3/t11-/m0/s1. The Labute approximate surface area is 101 Å².